The van der Waals surface area contributed by atoms with Gasteiger partial charge < -0.3 is 16.0 Å². The fraction of sp³-hybridized carbons (Fsp3) is 0.429. The van der Waals surface area contributed by atoms with Crippen molar-refractivity contribution < 1.29 is 4.79 Å². The van der Waals surface area contributed by atoms with Gasteiger partial charge in [-0.3, -0.25) is 9.78 Å². The third-order valence-electron chi connectivity index (χ3n) is 5.24. The minimum absolute atomic E-state index is 0.0216. The number of hydrogen-bond acceptors (Lipinski definition) is 7. The van der Waals surface area contributed by atoms with Crippen LogP contribution in [0.4, 0.5) is 5.95 Å². The Hall–Kier alpha value is -2.58. The molecule has 7 nitrogen and oxygen atoms in total. The Morgan fingerprint density at radius 1 is 1.41 bits per heavy atom. The Kier molecular flexibility index (Phi) is 6.01. The van der Waals surface area contributed by atoms with Crippen molar-refractivity contribution in [2.45, 2.75) is 32.7 Å². The number of nitrogens with zero attached hydrogens (tertiary/aromatic N) is 3. The molecule has 1 fully saturated rings. The molecular weight excluding hydrogens is 384 g/mol. The first kappa shape index (κ1) is 19.7. The summed E-state index contributed by atoms with van der Waals surface area (Å²) in [6, 6.07) is 5.89. The van der Waals surface area contributed by atoms with Gasteiger partial charge >= 0.3 is 0 Å². The van der Waals surface area contributed by atoms with Crippen molar-refractivity contribution >= 4 is 33.4 Å². The molecule has 1 aliphatic heterocycles. The van der Waals surface area contributed by atoms with Crippen LogP contribution in [0, 0.1) is 12.8 Å². The maximum absolute atomic E-state index is 12.9. The maximum Gasteiger partial charge on any atom is 0.271 e. The molecule has 29 heavy (non-hydrogen) atoms. The van der Waals surface area contributed by atoms with Crippen LogP contribution in [-0.2, 0) is 0 Å². The first-order valence-corrected chi connectivity index (χ1v) is 10.9. The zero-order valence-electron chi connectivity index (χ0n) is 16.7. The summed E-state index contributed by atoms with van der Waals surface area (Å²) in [5.41, 5.74) is 2.28. The SMILES string of the molecule is Cc1cc2nc(N[C@@H](C)c3cccnc3)nc(C(=O)NCCC3CCNC3)c2s1. The second-order valence-corrected chi connectivity index (χ2v) is 8.78. The molecule has 1 saturated heterocycles. The molecule has 1 amide bonds. The number of carbonyl (C=O) groups excluding carboxylic acids is 1. The zero-order chi connectivity index (χ0) is 20.2. The highest BCUT2D eigenvalue weighted by molar-refractivity contribution is 7.19. The quantitative estimate of drug-likeness (QED) is 0.554. The van der Waals surface area contributed by atoms with Gasteiger partial charge in [-0.1, -0.05) is 6.07 Å². The Labute approximate surface area is 174 Å². The molecule has 8 heteroatoms. The lowest BCUT2D eigenvalue weighted by Gasteiger charge is -2.15. The smallest absolute Gasteiger partial charge is 0.271 e. The molecule has 0 bridgehead atoms. The van der Waals surface area contributed by atoms with Crippen LogP contribution in [0.2, 0.25) is 0 Å². The van der Waals surface area contributed by atoms with Crippen molar-refractivity contribution in [2.75, 3.05) is 25.0 Å². The molecule has 0 spiro atoms. The standard InChI is InChI=1S/C21H26N6OS/c1-13-10-17-19(29-13)18(20(28)24-9-6-15-5-8-23-11-15)27-21(26-17)25-14(2)16-4-3-7-22-12-16/h3-4,7,10,12,14-15,23H,5-6,8-9,11H2,1-2H3,(H,24,28)(H,25,26,27)/t14-,15?/m0/s1. The van der Waals surface area contributed by atoms with Gasteiger partial charge in [-0.25, -0.2) is 9.97 Å². The predicted octanol–water partition coefficient (Wildman–Crippen LogP) is 3.30. The summed E-state index contributed by atoms with van der Waals surface area (Å²) < 4.78 is 0.835. The van der Waals surface area contributed by atoms with E-state index in [1.54, 1.807) is 17.5 Å². The van der Waals surface area contributed by atoms with Crippen LogP contribution in [0.25, 0.3) is 10.2 Å². The van der Waals surface area contributed by atoms with Gasteiger partial charge in [-0.2, -0.15) is 0 Å². The van der Waals surface area contributed by atoms with Crippen LogP contribution in [0.3, 0.4) is 0 Å². The Morgan fingerprint density at radius 2 is 2.31 bits per heavy atom. The van der Waals surface area contributed by atoms with Crippen LogP contribution >= 0.6 is 11.3 Å². The number of anilines is 1. The predicted molar refractivity (Wildman–Crippen MR) is 116 cm³/mol. The third-order valence-corrected chi connectivity index (χ3v) is 6.29. The highest BCUT2D eigenvalue weighted by Crippen LogP contribution is 2.28. The van der Waals surface area contributed by atoms with E-state index < -0.39 is 0 Å². The van der Waals surface area contributed by atoms with Crippen molar-refractivity contribution in [3.05, 3.63) is 46.7 Å². The summed E-state index contributed by atoms with van der Waals surface area (Å²) in [7, 11) is 0. The number of aromatic nitrogens is 3. The second-order valence-electron chi connectivity index (χ2n) is 7.52. The largest absolute Gasteiger partial charge is 0.351 e. The number of aryl methyl sites for hydroxylation is 1. The first-order valence-electron chi connectivity index (χ1n) is 10.0. The average Bonchev–Trinajstić information content (AvgIpc) is 3.36. The average molecular weight is 411 g/mol. The molecule has 4 rings (SSSR count). The van der Waals surface area contributed by atoms with E-state index in [-0.39, 0.29) is 11.9 Å². The number of pyridine rings is 1. The lowest BCUT2D eigenvalue weighted by atomic mass is 10.1. The lowest BCUT2D eigenvalue weighted by molar-refractivity contribution is 0.0948. The van der Waals surface area contributed by atoms with Crippen molar-refractivity contribution in [1.82, 2.24) is 25.6 Å². The van der Waals surface area contributed by atoms with E-state index in [2.05, 4.69) is 30.9 Å². The van der Waals surface area contributed by atoms with Crippen LogP contribution in [0.5, 0.6) is 0 Å². The van der Waals surface area contributed by atoms with E-state index in [1.165, 1.54) is 6.42 Å². The van der Waals surface area contributed by atoms with Crippen molar-refractivity contribution in [2.24, 2.45) is 5.92 Å². The zero-order valence-corrected chi connectivity index (χ0v) is 17.6. The number of hydrogen-bond donors (Lipinski definition) is 3. The monoisotopic (exact) mass is 410 g/mol. The Bertz CT molecular complexity index is 984. The van der Waals surface area contributed by atoms with Crippen molar-refractivity contribution in [3.8, 4) is 0 Å². The van der Waals surface area contributed by atoms with E-state index >= 15 is 0 Å². The summed E-state index contributed by atoms with van der Waals surface area (Å²) in [6.45, 7) is 6.82. The van der Waals surface area contributed by atoms with Gasteiger partial charge in [-0.05, 0) is 63.4 Å². The number of carbonyl (C=O) groups is 1. The highest BCUT2D eigenvalue weighted by atomic mass is 32.1. The van der Waals surface area contributed by atoms with Gasteiger partial charge in [-0.15, -0.1) is 11.3 Å². The number of rotatable bonds is 7. The molecule has 0 aliphatic carbocycles. The lowest BCUT2D eigenvalue weighted by Crippen LogP contribution is -2.27. The van der Waals surface area contributed by atoms with E-state index in [1.807, 2.05) is 38.2 Å². The Morgan fingerprint density at radius 3 is 3.07 bits per heavy atom. The summed E-state index contributed by atoms with van der Waals surface area (Å²) >= 11 is 1.56. The van der Waals surface area contributed by atoms with Crippen LogP contribution in [-0.4, -0.2) is 40.5 Å². The van der Waals surface area contributed by atoms with Gasteiger partial charge in [0.25, 0.3) is 5.91 Å². The third kappa shape index (κ3) is 4.71. The van der Waals surface area contributed by atoms with Crippen molar-refractivity contribution in [1.29, 1.82) is 0 Å². The topological polar surface area (TPSA) is 91.8 Å². The summed E-state index contributed by atoms with van der Waals surface area (Å²) in [6.07, 6.45) is 5.73. The molecule has 152 valence electrons. The second kappa shape index (κ2) is 8.84. The van der Waals surface area contributed by atoms with Crippen LogP contribution in [0.15, 0.2) is 30.6 Å². The molecule has 0 radical (unpaired) electrons. The van der Waals surface area contributed by atoms with Gasteiger partial charge in [0.1, 0.15) is 0 Å². The minimum Gasteiger partial charge on any atom is -0.351 e. The molecule has 1 unspecified atom stereocenters. The maximum atomic E-state index is 12.9. The molecule has 2 atom stereocenters. The molecular formula is C21H26N6OS. The fourth-order valence-electron chi connectivity index (χ4n) is 3.61. The van der Waals surface area contributed by atoms with E-state index in [0.717, 1.165) is 40.2 Å². The van der Waals surface area contributed by atoms with E-state index in [9.17, 15) is 4.79 Å². The summed E-state index contributed by atoms with van der Waals surface area (Å²) in [5, 5.41) is 9.73. The number of nitrogens with one attached hydrogen (secondary N) is 3. The van der Waals surface area contributed by atoms with Gasteiger partial charge in [0.05, 0.1) is 16.3 Å². The van der Waals surface area contributed by atoms with Gasteiger partial charge in [0, 0.05) is 23.8 Å². The normalized spacial score (nSPS) is 17.4. The molecule has 0 aromatic carbocycles. The molecule has 0 saturated carbocycles. The van der Waals surface area contributed by atoms with Crippen LogP contribution in [0.1, 0.15) is 46.7 Å². The number of thiophene rings is 1. The number of fused-ring (bicyclic) bond motifs is 1. The van der Waals surface area contributed by atoms with Crippen LogP contribution < -0.4 is 16.0 Å². The molecule has 3 aromatic rings. The van der Waals surface area contributed by atoms with Gasteiger partial charge in [0.15, 0.2) is 5.69 Å². The Balaban J connectivity index is 1.52. The molecule has 3 N–H and O–H groups in total. The van der Waals surface area contributed by atoms with E-state index in [4.69, 9.17) is 0 Å². The van der Waals surface area contributed by atoms with E-state index in [0.29, 0.717) is 24.1 Å². The first-order chi connectivity index (χ1) is 14.1. The summed E-state index contributed by atoms with van der Waals surface area (Å²) in [4.78, 5) is 27.4. The minimum atomic E-state index is -0.137. The summed E-state index contributed by atoms with van der Waals surface area (Å²) in [5.74, 6) is 0.960. The van der Waals surface area contributed by atoms with Gasteiger partial charge in [0.2, 0.25) is 5.95 Å². The molecule has 4 heterocycles. The highest BCUT2D eigenvalue weighted by Gasteiger charge is 2.19. The molecule has 3 aromatic heterocycles. The number of amides is 1. The fourth-order valence-corrected chi connectivity index (χ4v) is 4.55. The molecule has 1 aliphatic rings. The van der Waals surface area contributed by atoms with Crippen molar-refractivity contribution in [3.63, 3.8) is 0 Å².